The zero-order chi connectivity index (χ0) is 19.6. The number of fused-ring (bicyclic) bond motifs is 1. The van der Waals surface area contributed by atoms with Crippen molar-refractivity contribution in [2.24, 2.45) is 0 Å². The Morgan fingerprint density at radius 3 is 2.62 bits per heavy atom. The zero-order valence-corrected chi connectivity index (χ0v) is 17.1. The topological polar surface area (TPSA) is 30.5 Å². The van der Waals surface area contributed by atoms with Crippen molar-refractivity contribution in [3.8, 4) is 0 Å². The van der Waals surface area contributed by atoms with Crippen molar-refractivity contribution in [2.45, 2.75) is 51.2 Å². The number of nitrogens with zero attached hydrogens (tertiary/aromatic N) is 2. The molecular weight excluding hydrogens is 363 g/mol. The van der Waals surface area contributed by atoms with E-state index in [0.717, 1.165) is 44.7 Å². The molecule has 0 unspecified atom stereocenters. The Hall–Kier alpha value is -2.27. The van der Waals surface area contributed by atoms with Crippen LogP contribution in [0.5, 0.6) is 0 Å². The van der Waals surface area contributed by atoms with Crippen LogP contribution in [0.15, 0.2) is 36.4 Å². The third kappa shape index (κ3) is 4.06. The van der Waals surface area contributed by atoms with E-state index in [1.165, 1.54) is 60.9 Å². The molecule has 0 bridgehead atoms. The lowest BCUT2D eigenvalue weighted by Crippen LogP contribution is -2.42. The Labute approximate surface area is 173 Å². The molecule has 2 aromatic rings. The average Bonchev–Trinajstić information content (AvgIpc) is 3.24. The number of rotatable bonds is 4. The summed E-state index contributed by atoms with van der Waals surface area (Å²) in [6, 6.07) is 12.1. The predicted octanol–water partition coefficient (Wildman–Crippen LogP) is 4.50. The van der Waals surface area contributed by atoms with E-state index in [4.69, 9.17) is 0 Å². The standard InChI is InChI=1S/C24H31FN4/c25-19-6-4-8-21(13-19)29-11-5-7-20(17-29)27-24-14-22(28-9-2-1-3-10-28)12-18-15-26-16-23(18)24/h4,6,8,12-14,20,26-27H,1-3,5,7,9-11,15-17H2/t20-/m1/s1. The molecule has 0 radical (unpaired) electrons. The van der Waals surface area contributed by atoms with Crippen molar-refractivity contribution in [2.75, 3.05) is 41.3 Å². The normalized spacial score (nSPS) is 21.9. The third-order valence-electron chi connectivity index (χ3n) is 6.62. The van der Waals surface area contributed by atoms with Crippen molar-refractivity contribution in [1.82, 2.24) is 5.32 Å². The number of hydrogen-bond acceptors (Lipinski definition) is 4. The number of anilines is 3. The van der Waals surface area contributed by atoms with E-state index in [1.54, 1.807) is 6.07 Å². The monoisotopic (exact) mass is 394 g/mol. The molecule has 4 nitrogen and oxygen atoms in total. The highest BCUT2D eigenvalue weighted by Crippen LogP contribution is 2.33. The summed E-state index contributed by atoms with van der Waals surface area (Å²) >= 11 is 0. The smallest absolute Gasteiger partial charge is 0.125 e. The van der Waals surface area contributed by atoms with Crippen molar-refractivity contribution in [3.63, 3.8) is 0 Å². The largest absolute Gasteiger partial charge is 0.380 e. The second kappa shape index (κ2) is 8.23. The molecule has 2 aromatic carbocycles. The number of benzene rings is 2. The number of hydrogen-bond donors (Lipinski definition) is 2. The first kappa shape index (κ1) is 18.7. The molecule has 2 fully saturated rings. The minimum atomic E-state index is -0.157. The van der Waals surface area contributed by atoms with Crippen molar-refractivity contribution in [1.29, 1.82) is 0 Å². The van der Waals surface area contributed by atoms with Gasteiger partial charge in [0.15, 0.2) is 0 Å². The molecule has 5 rings (SSSR count). The first-order chi connectivity index (χ1) is 14.3. The van der Waals surface area contributed by atoms with Gasteiger partial charge < -0.3 is 20.4 Å². The minimum Gasteiger partial charge on any atom is -0.380 e. The van der Waals surface area contributed by atoms with Gasteiger partial charge in [0.1, 0.15) is 5.82 Å². The molecule has 2 N–H and O–H groups in total. The summed E-state index contributed by atoms with van der Waals surface area (Å²) in [6.07, 6.45) is 6.22. The van der Waals surface area contributed by atoms with Gasteiger partial charge in [-0.05, 0) is 73.6 Å². The highest BCUT2D eigenvalue weighted by Gasteiger charge is 2.24. The first-order valence-electron chi connectivity index (χ1n) is 11.1. The van der Waals surface area contributed by atoms with Gasteiger partial charge >= 0.3 is 0 Å². The summed E-state index contributed by atoms with van der Waals surface area (Å²) in [5.41, 5.74) is 6.51. The molecule has 0 aromatic heterocycles. The molecule has 0 aliphatic carbocycles. The fourth-order valence-electron chi connectivity index (χ4n) is 5.09. The van der Waals surface area contributed by atoms with E-state index in [9.17, 15) is 4.39 Å². The van der Waals surface area contributed by atoms with Gasteiger partial charge in [0.05, 0.1) is 0 Å². The fraction of sp³-hybridized carbons (Fsp3) is 0.500. The van der Waals surface area contributed by atoms with Crippen molar-refractivity contribution in [3.05, 3.63) is 53.3 Å². The molecule has 29 heavy (non-hydrogen) atoms. The summed E-state index contributed by atoms with van der Waals surface area (Å²) < 4.78 is 13.7. The Morgan fingerprint density at radius 1 is 0.897 bits per heavy atom. The lowest BCUT2D eigenvalue weighted by molar-refractivity contribution is 0.528. The maximum absolute atomic E-state index is 13.7. The van der Waals surface area contributed by atoms with Gasteiger partial charge in [0.2, 0.25) is 0 Å². The Kier molecular flexibility index (Phi) is 5.32. The third-order valence-corrected chi connectivity index (χ3v) is 6.62. The van der Waals surface area contributed by atoms with Gasteiger partial charge in [-0.3, -0.25) is 0 Å². The lowest BCUT2D eigenvalue weighted by Gasteiger charge is -2.36. The highest BCUT2D eigenvalue weighted by atomic mass is 19.1. The highest BCUT2D eigenvalue weighted by molar-refractivity contribution is 5.67. The fourth-order valence-corrected chi connectivity index (χ4v) is 5.09. The van der Waals surface area contributed by atoms with Crippen LogP contribution in [-0.2, 0) is 13.1 Å². The van der Waals surface area contributed by atoms with Crippen LogP contribution in [-0.4, -0.2) is 32.2 Å². The molecule has 3 heterocycles. The number of nitrogens with one attached hydrogen (secondary N) is 2. The van der Waals surface area contributed by atoms with Gasteiger partial charge in [-0.1, -0.05) is 6.07 Å². The van der Waals surface area contributed by atoms with Crippen molar-refractivity contribution < 1.29 is 4.39 Å². The van der Waals surface area contributed by atoms with Gasteiger partial charge in [-0.25, -0.2) is 4.39 Å². The summed E-state index contributed by atoms with van der Waals surface area (Å²) in [4.78, 5) is 4.87. The van der Waals surface area contributed by atoms with Crippen LogP contribution in [0.25, 0.3) is 0 Å². The van der Waals surface area contributed by atoms with Crippen LogP contribution in [0.1, 0.15) is 43.2 Å². The maximum Gasteiger partial charge on any atom is 0.125 e. The van der Waals surface area contributed by atoms with Gasteiger partial charge in [-0.2, -0.15) is 0 Å². The molecular formula is C24H31FN4. The average molecular weight is 395 g/mol. The maximum atomic E-state index is 13.7. The summed E-state index contributed by atoms with van der Waals surface area (Å²) in [6.45, 7) is 6.16. The van der Waals surface area contributed by atoms with Gasteiger partial charge in [-0.15, -0.1) is 0 Å². The molecule has 0 saturated carbocycles. The van der Waals surface area contributed by atoms with E-state index in [1.807, 2.05) is 12.1 Å². The molecule has 0 spiro atoms. The second-order valence-corrected chi connectivity index (χ2v) is 8.69. The number of piperidine rings is 2. The quantitative estimate of drug-likeness (QED) is 0.799. The Bertz CT molecular complexity index is 862. The lowest BCUT2D eigenvalue weighted by atomic mass is 10.0. The van der Waals surface area contributed by atoms with Crippen LogP contribution in [0, 0.1) is 5.82 Å². The van der Waals surface area contributed by atoms with Crippen LogP contribution in [0.4, 0.5) is 21.5 Å². The Balaban J connectivity index is 1.36. The van der Waals surface area contributed by atoms with Crippen LogP contribution in [0.3, 0.4) is 0 Å². The predicted molar refractivity (Wildman–Crippen MR) is 118 cm³/mol. The Morgan fingerprint density at radius 2 is 1.76 bits per heavy atom. The molecule has 0 amide bonds. The minimum absolute atomic E-state index is 0.157. The van der Waals surface area contributed by atoms with E-state index in [0.29, 0.717) is 6.04 Å². The van der Waals surface area contributed by atoms with Gasteiger partial charge in [0, 0.05) is 62.4 Å². The molecule has 5 heteroatoms. The molecule has 3 aliphatic rings. The summed E-state index contributed by atoms with van der Waals surface area (Å²) in [5, 5.41) is 7.40. The first-order valence-corrected chi connectivity index (χ1v) is 11.1. The van der Waals surface area contributed by atoms with E-state index < -0.39 is 0 Å². The van der Waals surface area contributed by atoms with Crippen LogP contribution < -0.4 is 20.4 Å². The molecule has 3 aliphatic heterocycles. The van der Waals surface area contributed by atoms with Crippen molar-refractivity contribution >= 4 is 17.1 Å². The van der Waals surface area contributed by atoms with E-state index >= 15 is 0 Å². The summed E-state index contributed by atoms with van der Waals surface area (Å²) in [5.74, 6) is -0.157. The SMILES string of the molecule is Fc1cccc(N2CCC[C@@H](Nc3cc(N4CCCCC4)cc4c3CNC4)C2)c1. The molecule has 2 saturated heterocycles. The summed E-state index contributed by atoms with van der Waals surface area (Å²) in [7, 11) is 0. The second-order valence-electron chi connectivity index (χ2n) is 8.69. The number of halogens is 1. The van der Waals surface area contributed by atoms with Crippen LogP contribution in [0.2, 0.25) is 0 Å². The molecule has 1 atom stereocenters. The zero-order valence-electron chi connectivity index (χ0n) is 17.1. The van der Waals surface area contributed by atoms with Gasteiger partial charge in [0.25, 0.3) is 0 Å². The van der Waals surface area contributed by atoms with E-state index in [2.05, 4.69) is 32.6 Å². The molecule has 154 valence electrons. The van der Waals surface area contributed by atoms with Crippen LogP contribution >= 0.6 is 0 Å². The van der Waals surface area contributed by atoms with E-state index in [-0.39, 0.29) is 5.82 Å².